The normalized spacial score (nSPS) is 10.9. The molecular weight excluding hydrogens is 260 g/mol. The summed E-state index contributed by atoms with van der Waals surface area (Å²) in [6, 6.07) is 5.94. The molecule has 1 aromatic heterocycles. The first kappa shape index (κ1) is 14.1. The number of aryl methyl sites for hydroxylation is 1. The lowest BCUT2D eigenvalue weighted by atomic mass is 10.1. The van der Waals surface area contributed by atoms with Gasteiger partial charge in [0.05, 0.1) is 17.8 Å². The summed E-state index contributed by atoms with van der Waals surface area (Å²) in [7, 11) is 1.68. The monoisotopic (exact) mass is 278 g/mol. The number of methoxy groups -OCH3 is 1. The number of rotatable bonds is 5. The van der Waals surface area contributed by atoms with E-state index in [4.69, 9.17) is 16.3 Å². The van der Waals surface area contributed by atoms with Gasteiger partial charge in [0.2, 0.25) is 0 Å². The number of nitrogens with zero attached hydrogens (tertiary/aromatic N) is 1. The minimum Gasteiger partial charge on any atom is -0.384 e. The molecule has 2 rings (SSSR count). The Bertz CT molecular complexity index is 584. The molecule has 0 saturated heterocycles. The maximum atomic E-state index is 6.15. The van der Waals surface area contributed by atoms with E-state index < -0.39 is 0 Å². The molecule has 1 N–H and O–H groups in total. The van der Waals surface area contributed by atoms with Crippen molar-refractivity contribution in [1.82, 2.24) is 4.98 Å². The van der Waals surface area contributed by atoms with E-state index in [2.05, 4.69) is 17.2 Å². The number of halogens is 1. The maximum Gasteiger partial charge on any atom is 0.0885 e. The fraction of sp³-hybridized carbons (Fsp3) is 0.400. The van der Waals surface area contributed by atoms with Crippen molar-refractivity contribution in [3.8, 4) is 0 Å². The first-order valence-corrected chi connectivity index (χ1v) is 6.86. The van der Waals surface area contributed by atoms with Crippen molar-refractivity contribution in [2.45, 2.75) is 26.9 Å². The Morgan fingerprint density at radius 3 is 2.79 bits per heavy atom. The largest absolute Gasteiger partial charge is 0.384 e. The summed E-state index contributed by atoms with van der Waals surface area (Å²) in [5.74, 6) is 0. The van der Waals surface area contributed by atoms with Crippen LogP contribution in [0.4, 0.5) is 5.69 Å². The van der Waals surface area contributed by atoms with Crippen molar-refractivity contribution in [3.63, 3.8) is 0 Å². The van der Waals surface area contributed by atoms with Crippen LogP contribution < -0.4 is 5.32 Å². The number of pyridine rings is 1. The zero-order chi connectivity index (χ0) is 13.8. The molecule has 19 heavy (non-hydrogen) atoms. The quantitative estimate of drug-likeness (QED) is 0.891. The highest BCUT2D eigenvalue weighted by molar-refractivity contribution is 6.31. The smallest absolute Gasteiger partial charge is 0.0885 e. The zero-order valence-corrected chi connectivity index (χ0v) is 12.3. The lowest BCUT2D eigenvalue weighted by molar-refractivity contribution is 0.182. The number of fused-ring (bicyclic) bond motifs is 1. The van der Waals surface area contributed by atoms with Gasteiger partial charge >= 0.3 is 0 Å². The van der Waals surface area contributed by atoms with E-state index in [1.54, 1.807) is 7.11 Å². The van der Waals surface area contributed by atoms with Crippen LogP contribution in [0, 0.1) is 6.92 Å². The van der Waals surface area contributed by atoms with E-state index >= 15 is 0 Å². The zero-order valence-electron chi connectivity index (χ0n) is 11.6. The van der Waals surface area contributed by atoms with Crippen LogP contribution in [0.1, 0.15) is 24.6 Å². The molecule has 0 spiro atoms. The summed E-state index contributed by atoms with van der Waals surface area (Å²) in [5.41, 5.74) is 4.07. The number of hydrogen-bond acceptors (Lipinski definition) is 3. The van der Waals surface area contributed by atoms with Gasteiger partial charge in [-0.25, -0.2) is 4.98 Å². The van der Waals surface area contributed by atoms with Crippen LogP contribution in [0.15, 0.2) is 18.2 Å². The molecule has 102 valence electrons. The molecule has 3 nitrogen and oxygen atoms in total. The number of anilines is 1. The van der Waals surface area contributed by atoms with Crippen molar-refractivity contribution < 1.29 is 4.74 Å². The summed E-state index contributed by atoms with van der Waals surface area (Å²) in [6.45, 7) is 5.61. The molecule has 0 aliphatic rings. The number of benzene rings is 1. The summed E-state index contributed by atoms with van der Waals surface area (Å²) >= 11 is 6.15. The van der Waals surface area contributed by atoms with Gasteiger partial charge in [-0.3, -0.25) is 0 Å². The highest BCUT2D eigenvalue weighted by atomic mass is 35.5. The highest BCUT2D eigenvalue weighted by Gasteiger charge is 2.09. The Kier molecular flexibility index (Phi) is 4.61. The van der Waals surface area contributed by atoms with Crippen LogP contribution in [-0.2, 0) is 11.3 Å². The van der Waals surface area contributed by atoms with Gasteiger partial charge in [0, 0.05) is 29.8 Å². The number of nitrogens with one attached hydrogen (secondary N) is 1. The summed E-state index contributed by atoms with van der Waals surface area (Å²) in [6.07, 6.45) is 1.07. The molecule has 0 unspecified atom stereocenters. The van der Waals surface area contributed by atoms with Gasteiger partial charge < -0.3 is 10.1 Å². The topological polar surface area (TPSA) is 34.1 Å². The molecule has 0 atom stereocenters. The van der Waals surface area contributed by atoms with E-state index in [1.165, 1.54) is 0 Å². The molecule has 1 heterocycles. The van der Waals surface area contributed by atoms with Crippen molar-refractivity contribution in [3.05, 3.63) is 34.5 Å². The molecule has 0 amide bonds. The molecule has 4 heteroatoms. The van der Waals surface area contributed by atoms with Crippen LogP contribution in [0.25, 0.3) is 10.9 Å². The lowest BCUT2D eigenvalue weighted by Crippen LogP contribution is -2.04. The third kappa shape index (κ3) is 3.17. The average Bonchev–Trinajstić information content (AvgIpc) is 2.37. The molecule has 0 bridgehead atoms. The predicted molar refractivity (Wildman–Crippen MR) is 81.0 cm³/mol. The first-order chi connectivity index (χ1) is 9.15. The fourth-order valence-electron chi connectivity index (χ4n) is 2.14. The van der Waals surface area contributed by atoms with Crippen molar-refractivity contribution >= 4 is 28.2 Å². The molecular formula is C15H19ClN2O. The predicted octanol–water partition coefficient (Wildman–Crippen LogP) is 4.16. The number of hydrogen-bond donors (Lipinski definition) is 1. The summed E-state index contributed by atoms with van der Waals surface area (Å²) < 4.78 is 5.18. The van der Waals surface area contributed by atoms with Gasteiger partial charge in [0.25, 0.3) is 0 Å². The third-order valence-electron chi connectivity index (χ3n) is 2.98. The fourth-order valence-corrected chi connectivity index (χ4v) is 2.41. The van der Waals surface area contributed by atoms with Crippen LogP contribution in [0.2, 0.25) is 5.02 Å². The second kappa shape index (κ2) is 6.22. The van der Waals surface area contributed by atoms with Crippen molar-refractivity contribution in [2.24, 2.45) is 0 Å². The van der Waals surface area contributed by atoms with E-state index in [1.807, 2.05) is 25.1 Å². The van der Waals surface area contributed by atoms with E-state index in [9.17, 15) is 0 Å². The van der Waals surface area contributed by atoms with Gasteiger partial charge in [-0.15, -0.1) is 0 Å². The molecule has 0 aliphatic carbocycles. The molecule has 0 fully saturated rings. The van der Waals surface area contributed by atoms with Gasteiger partial charge in [-0.1, -0.05) is 18.5 Å². The first-order valence-electron chi connectivity index (χ1n) is 6.48. The average molecular weight is 279 g/mol. The van der Waals surface area contributed by atoms with Crippen molar-refractivity contribution in [1.29, 1.82) is 0 Å². The van der Waals surface area contributed by atoms with Gasteiger partial charge in [0.1, 0.15) is 0 Å². The Hall–Kier alpha value is -1.32. The van der Waals surface area contributed by atoms with Crippen LogP contribution in [0.3, 0.4) is 0 Å². The third-order valence-corrected chi connectivity index (χ3v) is 3.20. The maximum absolute atomic E-state index is 6.15. The summed E-state index contributed by atoms with van der Waals surface area (Å²) in [4.78, 5) is 4.65. The molecule has 0 saturated carbocycles. The SMILES string of the molecule is CCCNc1cc(COC)nc2c(C)cc(Cl)cc12. The summed E-state index contributed by atoms with van der Waals surface area (Å²) in [5, 5.41) is 5.25. The Morgan fingerprint density at radius 2 is 2.11 bits per heavy atom. The number of ether oxygens (including phenoxy) is 1. The Balaban J connectivity index is 2.60. The second-order valence-corrected chi connectivity index (χ2v) is 5.08. The lowest BCUT2D eigenvalue weighted by Gasteiger charge is -2.13. The highest BCUT2D eigenvalue weighted by Crippen LogP contribution is 2.29. The minimum absolute atomic E-state index is 0.513. The molecule has 0 radical (unpaired) electrons. The second-order valence-electron chi connectivity index (χ2n) is 4.64. The molecule has 0 aliphatic heterocycles. The van der Waals surface area contributed by atoms with Crippen LogP contribution in [0.5, 0.6) is 0 Å². The molecule has 1 aromatic carbocycles. The van der Waals surface area contributed by atoms with Gasteiger partial charge in [-0.05, 0) is 37.1 Å². The standard InChI is InChI=1S/C15H19ClN2O/c1-4-5-17-14-8-12(9-19-3)18-15-10(2)6-11(16)7-13(14)15/h6-8H,4-5,9H2,1-3H3,(H,17,18). The van der Waals surface area contributed by atoms with Crippen LogP contribution in [-0.4, -0.2) is 18.6 Å². The van der Waals surface area contributed by atoms with Crippen molar-refractivity contribution in [2.75, 3.05) is 19.0 Å². The molecule has 2 aromatic rings. The van der Waals surface area contributed by atoms with E-state index in [0.29, 0.717) is 6.61 Å². The Labute approximate surface area is 118 Å². The van der Waals surface area contributed by atoms with E-state index in [-0.39, 0.29) is 0 Å². The Morgan fingerprint density at radius 1 is 1.32 bits per heavy atom. The van der Waals surface area contributed by atoms with Gasteiger partial charge in [-0.2, -0.15) is 0 Å². The minimum atomic E-state index is 0.513. The van der Waals surface area contributed by atoms with E-state index in [0.717, 1.165) is 45.8 Å². The van der Waals surface area contributed by atoms with Gasteiger partial charge in [0.15, 0.2) is 0 Å². The van der Waals surface area contributed by atoms with Crippen LogP contribution >= 0.6 is 11.6 Å². The number of aromatic nitrogens is 1.